The van der Waals surface area contributed by atoms with Crippen molar-refractivity contribution in [1.29, 1.82) is 5.26 Å². The lowest BCUT2D eigenvalue weighted by Gasteiger charge is -2.32. The van der Waals surface area contributed by atoms with Crippen LogP contribution in [0.5, 0.6) is 0 Å². The number of nitrogens with one attached hydrogen (secondary N) is 1. The van der Waals surface area contributed by atoms with Gasteiger partial charge in [-0.05, 0) is 42.9 Å². The quantitative estimate of drug-likeness (QED) is 0.901. The van der Waals surface area contributed by atoms with Crippen LogP contribution in [0.25, 0.3) is 0 Å². The highest BCUT2D eigenvalue weighted by molar-refractivity contribution is 5.74. The zero-order chi connectivity index (χ0) is 17.5. The third-order valence-corrected chi connectivity index (χ3v) is 4.47. The summed E-state index contributed by atoms with van der Waals surface area (Å²) in [5.74, 6) is 0.411. The van der Waals surface area contributed by atoms with Gasteiger partial charge < -0.3 is 10.2 Å². The Morgan fingerprint density at radius 1 is 1.44 bits per heavy atom. The molecule has 0 bridgehead atoms. The molecule has 0 spiro atoms. The van der Waals surface area contributed by atoms with Crippen molar-refractivity contribution in [1.82, 2.24) is 25.2 Å². The van der Waals surface area contributed by atoms with Gasteiger partial charge in [0.1, 0.15) is 0 Å². The Bertz CT molecular complexity index is 736. The first-order valence-electron chi connectivity index (χ1n) is 8.60. The fourth-order valence-electron chi connectivity index (χ4n) is 3.22. The molecule has 130 valence electrons. The van der Waals surface area contributed by atoms with E-state index in [0.29, 0.717) is 18.0 Å². The molecular weight excluding hydrogens is 316 g/mol. The van der Waals surface area contributed by atoms with Crippen molar-refractivity contribution in [3.8, 4) is 6.07 Å². The molecule has 1 atom stereocenters. The molecule has 0 aliphatic carbocycles. The summed E-state index contributed by atoms with van der Waals surface area (Å²) in [6.07, 6.45) is 6.36. The van der Waals surface area contributed by atoms with Crippen molar-refractivity contribution >= 4 is 6.03 Å². The summed E-state index contributed by atoms with van der Waals surface area (Å²) >= 11 is 0. The maximum Gasteiger partial charge on any atom is 0.317 e. The van der Waals surface area contributed by atoms with E-state index in [0.717, 1.165) is 44.5 Å². The fraction of sp³-hybridized carbons (Fsp3) is 0.444. The van der Waals surface area contributed by atoms with Crippen LogP contribution in [0.4, 0.5) is 4.79 Å². The van der Waals surface area contributed by atoms with Crippen molar-refractivity contribution in [2.24, 2.45) is 5.92 Å². The number of carbonyl (C=O) groups excluding carboxylic acids is 1. The van der Waals surface area contributed by atoms with Gasteiger partial charge in [0.2, 0.25) is 0 Å². The molecule has 1 N–H and O–H groups in total. The Morgan fingerprint density at radius 3 is 3.16 bits per heavy atom. The van der Waals surface area contributed by atoms with Gasteiger partial charge in [-0.2, -0.15) is 5.26 Å². The Balaban J connectivity index is 1.45. The number of aromatic nitrogens is 3. The highest BCUT2D eigenvalue weighted by Gasteiger charge is 2.23. The maximum absolute atomic E-state index is 12.4. The molecule has 2 aromatic rings. The summed E-state index contributed by atoms with van der Waals surface area (Å²) in [5, 5.41) is 19.7. The summed E-state index contributed by atoms with van der Waals surface area (Å²) in [4.78, 5) is 14.3. The average Bonchev–Trinajstić information content (AvgIpc) is 3.15. The molecule has 2 heterocycles. The van der Waals surface area contributed by atoms with E-state index in [1.165, 1.54) is 0 Å². The predicted octanol–water partition coefficient (Wildman–Crippen LogP) is 1.81. The molecule has 1 aliphatic heterocycles. The monoisotopic (exact) mass is 338 g/mol. The first-order chi connectivity index (χ1) is 12.2. The van der Waals surface area contributed by atoms with E-state index in [1.54, 1.807) is 12.3 Å². The third kappa shape index (κ3) is 4.80. The number of nitriles is 1. The van der Waals surface area contributed by atoms with Crippen LogP contribution >= 0.6 is 0 Å². The van der Waals surface area contributed by atoms with Gasteiger partial charge in [0.15, 0.2) is 0 Å². The molecule has 0 saturated carbocycles. The molecule has 1 fully saturated rings. The molecule has 25 heavy (non-hydrogen) atoms. The second kappa shape index (κ2) is 8.29. The van der Waals surface area contributed by atoms with Crippen molar-refractivity contribution < 1.29 is 4.79 Å². The standard InChI is InChI=1S/C18H22N6O/c19-12-16-4-1-3-15(11-16)6-7-20-18(25)23-9-2-5-17(13-23)14-24-10-8-21-22-24/h1,3-4,8,10-11,17H,2,5-7,9,13-14H2,(H,20,25). The van der Waals surface area contributed by atoms with E-state index in [-0.39, 0.29) is 6.03 Å². The molecule has 2 amide bonds. The first kappa shape index (κ1) is 17.0. The lowest BCUT2D eigenvalue weighted by molar-refractivity contribution is 0.157. The SMILES string of the molecule is N#Cc1cccc(CCNC(=O)N2CCCC(Cn3ccnn3)C2)c1. The molecule has 1 aliphatic rings. The Labute approximate surface area is 147 Å². The first-order valence-corrected chi connectivity index (χ1v) is 8.60. The summed E-state index contributed by atoms with van der Waals surface area (Å²) in [6, 6.07) is 9.61. The molecule has 1 aromatic heterocycles. The third-order valence-electron chi connectivity index (χ3n) is 4.47. The van der Waals surface area contributed by atoms with Crippen LogP contribution in [0.15, 0.2) is 36.7 Å². The van der Waals surface area contributed by atoms with Crippen LogP contribution in [0.1, 0.15) is 24.0 Å². The number of likely N-dealkylation sites (tertiary alicyclic amines) is 1. The number of urea groups is 1. The van der Waals surface area contributed by atoms with Gasteiger partial charge in [-0.3, -0.25) is 4.68 Å². The minimum atomic E-state index is -0.0141. The van der Waals surface area contributed by atoms with E-state index in [9.17, 15) is 4.79 Å². The molecule has 1 aromatic carbocycles. The van der Waals surface area contributed by atoms with Crippen LogP contribution in [-0.2, 0) is 13.0 Å². The molecule has 1 saturated heterocycles. The van der Waals surface area contributed by atoms with E-state index in [4.69, 9.17) is 5.26 Å². The van der Waals surface area contributed by atoms with Crippen LogP contribution in [0.2, 0.25) is 0 Å². The second-order valence-electron chi connectivity index (χ2n) is 6.37. The average molecular weight is 338 g/mol. The van der Waals surface area contributed by atoms with Gasteiger partial charge in [-0.15, -0.1) is 5.10 Å². The number of benzene rings is 1. The summed E-state index contributed by atoms with van der Waals surface area (Å²) in [5.41, 5.74) is 1.71. The predicted molar refractivity (Wildman–Crippen MR) is 92.6 cm³/mol. The van der Waals surface area contributed by atoms with Gasteiger partial charge in [0.05, 0.1) is 17.8 Å². The van der Waals surface area contributed by atoms with Crippen molar-refractivity contribution in [3.63, 3.8) is 0 Å². The van der Waals surface area contributed by atoms with Gasteiger partial charge in [-0.1, -0.05) is 17.3 Å². The summed E-state index contributed by atoms with van der Waals surface area (Å²) in [7, 11) is 0. The van der Waals surface area contributed by atoms with Crippen molar-refractivity contribution in [2.45, 2.75) is 25.8 Å². The van der Waals surface area contributed by atoms with E-state index in [1.807, 2.05) is 34.0 Å². The number of piperidine rings is 1. The van der Waals surface area contributed by atoms with E-state index < -0.39 is 0 Å². The van der Waals surface area contributed by atoms with Gasteiger partial charge in [-0.25, -0.2) is 4.79 Å². The van der Waals surface area contributed by atoms with E-state index >= 15 is 0 Å². The van der Waals surface area contributed by atoms with Gasteiger partial charge >= 0.3 is 6.03 Å². The smallest absolute Gasteiger partial charge is 0.317 e. The number of hydrogen-bond donors (Lipinski definition) is 1. The Morgan fingerprint density at radius 2 is 2.36 bits per heavy atom. The largest absolute Gasteiger partial charge is 0.338 e. The lowest BCUT2D eigenvalue weighted by atomic mass is 9.98. The minimum absolute atomic E-state index is 0.0141. The Hall–Kier alpha value is -2.88. The number of rotatable bonds is 5. The summed E-state index contributed by atoms with van der Waals surface area (Å²) in [6.45, 7) is 2.90. The van der Waals surface area contributed by atoms with Crippen molar-refractivity contribution in [3.05, 3.63) is 47.8 Å². The van der Waals surface area contributed by atoms with Crippen LogP contribution in [0, 0.1) is 17.2 Å². The minimum Gasteiger partial charge on any atom is -0.338 e. The number of hydrogen-bond acceptors (Lipinski definition) is 4. The topological polar surface area (TPSA) is 86.8 Å². The Kier molecular flexibility index (Phi) is 5.62. The molecule has 0 radical (unpaired) electrons. The highest BCUT2D eigenvalue weighted by atomic mass is 16.2. The molecule has 1 unspecified atom stereocenters. The van der Waals surface area contributed by atoms with Crippen LogP contribution in [0.3, 0.4) is 0 Å². The molecule has 7 nitrogen and oxygen atoms in total. The maximum atomic E-state index is 12.4. The number of nitrogens with zero attached hydrogens (tertiary/aromatic N) is 5. The van der Waals surface area contributed by atoms with Crippen LogP contribution in [-0.4, -0.2) is 45.6 Å². The van der Waals surface area contributed by atoms with Crippen molar-refractivity contribution in [2.75, 3.05) is 19.6 Å². The van der Waals surface area contributed by atoms with Gasteiger partial charge in [0, 0.05) is 32.4 Å². The highest BCUT2D eigenvalue weighted by Crippen LogP contribution is 2.18. The number of amides is 2. The normalized spacial score (nSPS) is 17.1. The molecule has 3 rings (SSSR count). The zero-order valence-electron chi connectivity index (χ0n) is 14.1. The van der Waals surface area contributed by atoms with Crippen LogP contribution < -0.4 is 5.32 Å². The summed E-state index contributed by atoms with van der Waals surface area (Å²) < 4.78 is 1.83. The fourth-order valence-corrected chi connectivity index (χ4v) is 3.22. The second-order valence-corrected chi connectivity index (χ2v) is 6.37. The zero-order valence-corrected chi connectivity index (χ0v) is 14.1. The molecule has 7 heteroatoms. The number of carbonyl (C=O) groups is 1. The van der Waals surface area contributed by atoms with Gasteiger partial charge in [0.25, 0.3) is 0 Å². The molecular formula is C18H22N6O. The van der Waals surface area contributed by atoms with E-state index in [2.05, 4.69) is 21.7 Å². The lowest BCUT2D eigenvalue weighted by Crippen LogP contribution is -2.46.